The summed E-state index contributed by atoms with van der Waals surface area (Å²) in [6.45, 7) is 8.56. The summed E-state index contributed by atoms with van der Waals surface area (Å²) in [6, 6.07) is 0. The lowest BCUT2D eigenvalue weighted by atomic mass is 9.99. The fraction of sp³-hybridized carbons (Fsp3) is 0.385. The predicted octanol–water partition coefficient (Wildman–Crippen LogP) is 2.29. The molecule has 8 nitrogen and oxygen atoms in total. The molecule has 3 N–H and O–H groups in total. The van der Waals surface area contributed by atoms with Crippen molar-refractivity contribution in [2.75, 3.05) is 5.32 Å². The van der Waals surface area contributed by atoms with E-state index in [1.807, 2.05) is 0 Å². The van der Waals surface area contributed by atoms with Crippen molar-refractivity contribution in [2.24, 2.45) is 5.92 Å². The lowest BCUT2D eigenvalue weighted by Crippen LogP contribution is -2.27. The Bertz CT molecular complexity index is 602. The molecule has 0 fully saturated rings. The monoisotopic (exact) mass is 328 g/mol. The van der Waals surface area contributed by atoms with Crippen LogP contribution in [0.3, 0.4) is 0 Å². The van der Waals surface area contributed by atoms with Crippen molar-refractivity contribution in [2.45, 2.75) is 26.4 Å². The fourth-order valence-electron chi connectivity index (χ4n) is 1.42. The minimum atomic E-state index is -1.79. The lowest BCUT2D eigenvalue weighted by Gasteiger charge is -2.18. The zero-order chi connectivity index (χ0) is 17.1. The second-order valence-corrected chi connectivity index (χ2v) is 6.16. The second-order valence-electron chi connectivity index (χ2n) is 5.30. The van der Waals surface area contributed by atoms with E-state index in [1.165, 1.54) is 5.38 Å². The molecule has 0 saturated carbocycles. The molecule has 1 aromatic heterocycles. The number of rotatable bonds is 5. The van der Waals surface area contributed by atoms with Crippen molar-refractivity contribution in [1.29, 1.82) is 0 Å². The highest BCUT2D eigenvalue weighted by atomic mass is 32.1. The van der Waals surface area contributed by atoms with Crippen LogP contribution in [0.15, 0.2) is 12.0 Å². The molecule has 1 aromatic rings. The number of nitrogens with zero attached hydrogens (tertiary/aromatic N) is 1. The van der Waals surface area contributed by atoms with E-state index in [9.17, 15) is 14.4 Å². The Kier molecular flexibility index (Phi) is 5.26. The van der Waals surface area contributed by atoms with Gasteiger partial charge in [-0.1, -0.05) is 6.58 Å². The molecule has 0 bridgehead atoms. The first-order chi connectivity index (χ1) is 10.0. The van der Waals surface area contributed by atoms with Crippen LogP contribution < -0.4 is 5.32 Å². The smallest absolute Gasteiger partial charge is 0.413 e. The number of carbonyl (C=O) groups excluding carboxylic acids is 1. The van der Waals surface area contributed by atoms with Crippen molar-refractivity contribution >= 4 is 40.1 Å². The maximum Gasteiger partial charge on any atom is 0.413 e. The highest BCUT2D eigenvalue weighted by Gasteiger charge is 2.31. The molecule has 0 aliphatic heterocycles. The molecule has 0 radical (unpaired) electrons. The summed E-state index contributed by atoms with van der Waals surface area (Å²) >= 11 is 1.00. The standard InChI is InChI=1S/C13H16N2O6S/c1-6(8(9(16)17)10(18)19)7-5-22-11(14-7)15-12(20)21-13(2,3)4/h5,8H,1H2,2-4H3,(H,16,17)(H,18,19)(H,14,15,20). The Morgan fingerprint density at radius 3 is 2.32 bits per heavy atom. The first-order valence-electron chi connectivity index (χ1n) is 6.11. The number of carbonyl (C=O) groups is 3. The van der Waals surface area contributed by atoms with Gasteiger partial charge in [-0.2, -0.15) is 0 Å². The molecule has 1 heterocycles. The van der Waals surface area contributed by atoms with E-state index in [2.05, 4.69) is 16.9 Å². The normalized spacial score (nSPS) is 11.1. The first-order valence-corrected chi connectivity index (χ1v) is 6.99. The fourth-order valence-corrected chi connectivity index (χ4v) is 2.14. The van der Waals surface area contributed by atoms with E-state index >= 15 is 0 Å². The van der Waals surface area contributed by atoms with E-state index < -0.39 is 29.6 Å². The summed E-state index contributed by atoms with van der Waals surface area (Å²) in [5, 5.41) is 21.7. The second kappa shape index (κ2) is 6.56. The number of hydrogen-bond donors (Lipinski definition) is 3. The van der Waals surface area contributed by atoms with Crippen LogP contribution in [0.2, 0.25) is 0 Å². The average molecular weight is 328 g/mol. The zero-order valence-electron chi connectivity index (χ0n) is 12.2. The topological polar surface area (TPSA) is 126 Å². The average Bonchev–Trinajstić information content (AvgIpc) is 2.73. The molecule has 120 valence electrons. The molecule has 1 rings (SSSR count). The lowest BCUT2D eigenvalue weighted by molar-refractivity contribution is -0.151. The summed E-state index contributed by atoms with van der Waals surface area (Å²) in [7, 11) is 0. The van der Waals surface area contributed by atoms with Crippen LogP contribution in [0.25, 0.3) is 5.57 Å². The van der Waals surface area contributed by atoms with Crippen molar-refractivity contribution in [3.63, 3.8) is 0 Å². The number of nitrogens with one attached hydrogen (secondary N) is 1. The number of amides is 1. The predicted molar refractivity (Wildman–Crippen MR) is 79.8 cm³/mol. The van der Waals surface area contributed by atoms with E-state index in [0.29, 0.717) is 0 Å². The Hall–Kier alpha value is -2.42. The Morgan fingerprint density at radius 2 is 1.86 bits per heavy atom. The molecule has 0 atom stereocenters. The number of carboxylic acids is 2. The number of thiazole rings is 1. The maximum atomic E-state index is 11.6. The summed E-state index contributed by atoms with van der Waals surface area (Å²) in [6.07, 6.45) is -0.716. The van der Waals surface area contributed by atoms with Gasteiger partial charge in [0.1, 0.15) is 5.60 Å². The van der Waals surface area contributed by atoms with Gasteiger partial charge in [0, 0.05) is 5.38 Å². The summed E-state index contributed by atoms with van der Waals surface area (Å²) in [5.41, 5.74) is -0.759. The van der Waals surface area contributed by atoms with Crippen LogP contribution in [0.4, 0.5) is 9.93 Å². The zero-order valence-corrected chi connectivity index (χ0v) is 13.1. The number of aromatic nitrogens is 1. The van der Waals surface area contributed by atoms with E-state index in [4.69, 9.17) is 14.9 Å². The van der Waals surface area contributed by atoms with Gasteiger partial charge in [-0.25, -0.2) is 9.78 Å². The summed E-state index contributed by atoms with van der Waals surface area (Å²) in [4.78, 5) is 37.4. The number of carboxylic acid groups (broad SMARTS) is 2. The maximum absolute atomic E-state index is 11.6. The van der Waals surface area contributed by atoms with E-state index in [0.717, 1.165) is 11.3 Å². The SMILES string of the molecule is C=C(c1csc(NC(=O)OC(C)(C)C)n1)C(C(=O)O)C(=O)O. The Balaban J connectivity index is 2.84. The van der Waals surface area contributed by atoms with Gasteiger partial charge in [-0.15, -0.1) is 11.3 Å². The van der Waals surface area contributed by atoms with Gasteiger partial charge < -0.3 is 14.9 Å². The van der Waals surface area contributed by atoms with Gasteiger partial charge in [0.15, 0.2) is 11.0 Å². The molecular weight excluding hydrogens is 312 g/mol. The van der Waals surface area contributed by atoms with Gasteiger partial charge in [0.25, 0.3) is 0 Å². The number of ether oxygens (including phenoxy) is 1. The Morgan fingerprint density at radius 1 is 1.32 bits per heavy atom. The Labute approximate surface area is 130 Å². The van der Waals surface area contributed by atoms with Gasteiger partial charge in [-0.3, -0.25) is 14.9 Å². The molecule has 0 aromatic carbocycles. The van der Waals surface area contributed by atoms with Crippen LogP contribution in [-0.2, 0) is 14.3 Å². The van der Waals surface area contributed by atoms with Crippen LogP contribution >= 0.6 is 11.3 Å². The molecule has 1 amide bonds. The molecular formula is C13H16N2O6S. The van der Waals surface area contributed by atoms with Crippen LogP contribution in [0.5, 0.6) is 0 Å². The van der Waals surface area contributed by atoms with Gasteiger partial charge in [0.2, 0.25) is 0 Å². The minimum Gasteiger partial charge on any atom is -0.480 e. The summed E-state index contributed by atoms with van der Waals surface area (Å²) < 4.78 is 5.04. The molecule has 9 heteroatoms. The van der Waals surface area contributed by atoms with Crippen molar-refractivity contribution < 1.29 is 29.3 Å². The molecule has 0 spiro atoms. The van der Waals surface area contributed by atoms with Crippen molar-refractivity contribution in [3.05, 3.63) is 17.7 Å². The van der Waals surface area contributed by atoms with E-state index in [1.54, 1.807) is 20.8 Å². The van der Waals surface area contributed by atoms with Gasteiger partial charge >= 0.3 is 18.0 Å². The summed E-state index contributed by atoms with van der Waals surface area (Å²) in [5.74, 6) is -4.87. The quantitative estimate of drug-likeness (QED) is 0.708. The molecule has 22 heavy (non-hydrogen) atoms. The molecule has 0 saturated heterocycles. The third-order valence-corrected chi connectivity index (χ3v) is 3.04. The third-order valence-electron chi connectivity index (χ3n) is 2.28. The number of anilines is 1. The van der Waals surface area contributed by atoms with Gasteiger partial charge in [0.05, 0.1) is 5.69 Å². The van der Waals surface area contributed by atoms with Crippen molar-refractivity contribution in [3.8, 4) is 0 Å². The largest absolute Gasteiger partial charge is 0.480 e. The van der Waals surface area contributed by atoms with E-state index in [-0.39, 0.29) is 16.4 Å². The first kappa shape index (κ1) is 17.6. The van der Waals surface area contributed by atoms with Crippen LogP contribution in [0.1, 0.15) is 26.5 Å². The number of aliphatic carboxylic acids is 2. The van der Waals surface area contributed by atoms with Crippen LogP contribution in [-0.4, -0.2) is 38.8 Å². The molecule has 0 aliphatic rings. The van der Waals surface area contributed by atoms with Gasteiger partial charge in [-0.05, 0) is 26.3 Å². The minimum absolute atomic E-state index is 0.0888. The highest BCUT2D eigenvalue weighted by molar-refractivity contribution is 7.14. The van der Waals surface area contributed by atoms with Crippen LogP contribution in [0, 0.1) is 5.92 Å². The molecule has 0 unspecified atom stereocenters. The number of hydrogen-bond acceptors (Lipinski definition) is 6. The molecule has 0 aliphatic carbocycles. The highest BCUT2D eigenvalue weighted by Crippen LogP contribution is 2.26. The van der Waals surface area contributed by atoms with Crippen molar-refractivity contribution in [1.82, 2.24) is 4.98 Å². The third kappa shape index (κ3) is 4.85.